The zero-order chi connectivity index (χ0) is 14.9. The van der Waals surface area contributed by atoms with Gasteiger partial charge < -0.3 is 11.1 Å². The lowest BCUT2D eigenvalue weighted by Gasteiger charge is -2.26. The van der Waals surface area contributed by atoms with Crippen LogP contribution < -0.4 is 11.1 Å². The van der Waals surface area contributed by atoms with Crippen molar-refractivity contribution in [3.63, 3.8) is 0 Å². The molecule has 0 aromatic carbocycles. The SMILES string of the molecule is NCCCCCCC(=O)NCCN1CCc2sccc2C1. The maximum Gasteiger partial charge on any atom is 0.220 e. The number of hydrogen-bond donors (Lipinski definition) is 2. The van der Waals surface area contributed by atoms with Crippen LogP contribution in [0.2, 0.25) is 0 Å². The van der Waals surface area contributed by atoms with E-state index in [0.29, 0.717) is 6.42 Å². The van der Waals surface area contributed by atoms with E-state index in [4.69, 9.17) is 5.73 Å². The average Bonchev–Trinajstić information content (AvgIpc) is 2.94. The lowest BCUT2D eigenvalue weighted by Crippen LogP contribution is -2.37. The van der Waals surface area contributed by atoms with Gasteiger partial charge in [-0.3, -0.25) is 9.69 Å². The summed E-state index contributed by atoms with van der Waals surface area (Å²) < 4.78 is 0. The molecule has 1 aliphatic heterocycles. The minimum absolute atomic E-state index is 0.191. The largest absolute Gasteiger partial charge is 0.355 e. The molecule has 1 aromatic rings. The van der Waals surface area contributed by atoms with E-state index in [0.717, 1.165) is 64.8 Å². The maximum atomic E-state index is 11.7. The number of fused-ring (bicyclic) bond motifs is 1. The Hall–Kier alpha value is -0.910. The summed E-state index contributed by atoms with van der Waals surface area (Å²) in [6.45, 7) is 4.62. The maximum absolute atomic E-state index is 11.7. The summed E-state index contributed by atoms with van der Waals surface area (Å²) in [5.74, 6) is 0.191. The Bertz CT molecular complexity index is 433. The summed E-state index contributed by atoms with van der Waals surface area (Å²) in [5, 5.41) is 5.22. The van der Waals surface area contributed by atoms with Gasteiger partial charge in [-0.2, -0.15) is 0 Å². The Morgan fingerprint density at radius 3 is 3.05 bits per heavy atom. The molecule has 0 fully saturated rings. The first-order valence-corrected chi connectivity index (χ1v) is 8.92. The van der Waals surface area contributed by atoms with Crippen LogP contribution in [0, 0.1) is 0 Å². The van der Waals surface area contributed by atoms with E-state index in [1.807, 2.05) is 11.3 Å². The molecular formula is C16H27N3OS. The van der Waals surface area contributed by atoms with Crippen molar-refractivity contribution in [2.75, 3.05) is 26.2 Å². The van der Waals surface area contributed by atoms with Gasteiger partial charge in [0.25, 0.3) is 0 Å². The Morgan fingerprint density at radius 1 is 1.33 bits per heavy atom. The lowest BCUT2D eigenvalue weighted by molar-refractivity contribution is -0.121. The molecule has 118 valence electrons. The molecule has 0 radical (unpaired) electrons. The van der Waals surface area contributed by atoms with Crippen molar-refractivity contribution in [2.24, 2.45) is 5.73 Å². The fourth-order valence-electron chi connectivity index (χ4n) is 2.72. The number of nitrogens with one attached hydrogen (secondary N) is 1. The van der Waals surface area contributed by atoms with Gasteiger partial charge in [-0.05, 0) is 42.8 Å². The number of amides is 1. The van der Waals surface area contributed by atoms with E-state index in [1.54, 1.807) is 0 Å². The van der Waals surface area contributed by atoms with Crippen LogP contribution in [0.1, 0.15) is 42.5 Å². The molecule has 0 saturated carbocycles. The van der Waals surface area contributed by atoms with Gasteiger partial charge in [-0.25, -0.2) is 0 Å². The third-order valence-electron chi connectivity index (χ3n) is 3.99. The molecule has 0 atom stereocenters. The van der Waals surface area contributed by atoms with E-state index >= 15 is 0 Å². The van der Waals surface area contributed by atoms with Crippen molar-refractivity contribution in [2.45, 2.75) is 45.1 Å². The van der Waals surface area contributed by atoms with Crippen LogP contribution in [0.5, 0.6) is 0 Å². The molecule has 5 heteroatoms. The van der Waals surface area contributed by atoms with Crippen LogP contribution in [0.4, 0.5) is 0 Å². The summed E-state index contributed by atoms with van der Waals surface area (Å²) in [4.78, 5) is 15.7. The van der Waals surface area contributed by atoms with Crippen molar-refractivity contribution in [1.29, 1.82) is 0 Å². The van der Waals surface area contributed by atoms with E-state index in [1.165, 1.54) is 10.4 Å². The molecule has 4 nitrogen and oxygen atoms in total. The monoisotopic (exact) mass is 309 g/mol. The number of hydrogen-bond acceptors (Lipinski definition) is 4. The van der Waals surface area contributed by atoms with Gasteiger partial charge in [0.15, 0.2) is 0 Å². The van der Waals surface area contributed by atoms with Crippen molar-refractivity contribution >= 4 is 17.2 Å². The lowest BCUT2D eigenvalue weighted by atomic mass is 10.1. The molecule has 1 aromatic heterocycles. The number of nitrogens with two attached hydrogens (primary N) is 1. The molecule has 0 unspecified atom stereocenters. The van der Waals surface area contributed by atoms with E-state index in [9.17, 15) is 4.79 Å². The zero-order valence-electron chi connectivity index (χ0n) is 12.8. The number of thiophene rings is 1. The highest BCUT2D eigenvalue weighted by molar-refractivity contribution is 7.10. The van der Waals surface area contributed by atoms with Gasteiger partial charge in [-0.1, -0.05) is 12.8 Å². The second kappa shape index (κ2) is 9.18. The quantitative estimate of drug-likeness (QED) is 0.687. The smallest absolute Gasteiger partial charge is 0.220 e. The number of rotatable bonds is 9. The van der Waals surface area contributed by atoms with Gasteiger partial charge in [0.1, 0.15) is 0 Å². The molecule has 1 amide bonds. The summed E-state index contributed by atoms with van der Waals surface area (Å²) in [7, 11) is 0. The molecule has 0 bridgehead atoms. The fourth-order valence-corrected chi connectivity index (χ4v) is 3.61. The van der Waals surface area contributed by atoms with Gasteiger partial charge in [-0.15, -0.1) is 11.3 Å². The molecular weight excluding hydrogens is 282 g/mol. The minimum Gasteiger partial charge on any atom is -0.355 e. The second-order valence-electron chi connectivity index (χ2n) is 5.70. The summed E-state index contributed by atoms with van der Waals surface area (Å²) in [6, 6.07) is 2.23. The Kier molecular flexibility index (Phi) is 7.19. The third kappa shape index (κ3) is 5.77. The molecule has 2 heterocycles. The number of nitrogens with zero attached hydrogens (tertiary/aromatic N) is 1. The standard InChI is InChI=1S/C16H27N3OS/c17-8-4-2-1-3-5-16(20)18-9-11-19-10-6-15-14(13-19)7-12-21-15/h7,12H,1-6,8-11,13,17H2,(H,18,20). The van der Waals surface area contributed by atoms with Crippen molar-refractivity contribution in [3.8, 4) is 0 Å². The highest BCUT2D eigenvalue weighted by Crippen LogP contribution is 2.23. The predicted octanol–water partition coefficient (Wildman–Crippen LogP) is 2.13. The number of unbranched alkanes of at least 4 members (excludes halogenated alkanes) is 3. The van der Waals surface area contributed by atoms with Crippen LogP contribution in [0.15, 0.2) is 11.4 Å². The van der Waals surface area contributed by atoms with E-state index < -0.39 is 0 Å². The first kappa shape index (κ1) is 16.5. The number of carbonyl (C=O) groups is 1. The number of carbonyl (C=O) groups excluding carboxylic acids is 1. The molecule has 0 spiro atoms. The van der Waals surface area contributed by atoms with Crippen LogP contribution in [0.25, 0.3) is 0 Å². The molecule has 21 heavy (non-hydrogen) atoms. The normalized spacial score (nSPS) is 14.9. The van der Waals surface area contributed by atoms with E-state index in [2.05, 4.69) is 21.7 Å². The highest BCUT2D eigenvalue weighted by Gasteiger charge is 2.16. The van der Waals surface area contributed by atoms with Crippen LogP contribution >= 0.6 is 11.3 Å². The Labute approximate surface area is 131 Å². The van der Waals surface area contributed by atoms with Gasteiger partial charge in [0.05, 0.1) is 0 Å². The summed E-state index contributed by atoms with van der Waals surface area (Å²) in [6.07, 6.45) is 6.11. The van der Waals surface area contributed by atoms with Crippen molar-refractivity contribution < 1.29 is 4.79 Å². The minimum atomic E-state index is 0.191. The average molecular weight is 309 g/mol. The summed E-state index contributed by atoms with van der Waals surface area (Å²) in [5.41, 5.74) is 6.92. The zero-order valence-corrected chi connectivity index (χ0v) is 13.6. The van der Waals surface area contributed by atoms with Gasteiger partial charge in [0.2, 0.25) is 5.91 Å². The van der Waals surface area contributed by atoms with Crippen molar-refractivity contribution in [1.82, 2.24) is 10.2 Å². The molecule has 0 saturated heterocycles. The predicted molar refractivity (Wildman–Crippen MR) is 88.4 cm³/mol. The van der Waals surface area contributed by atoms with Gasteiger partial charge >= 0.3 is 0 Å². The first-order valence-electron chi connectivity index (χ1n) is 8.04. The third-order valence-corrected chi connectivity index (χ3v) is 5.02. The molecule has 3 N–H and O–H groups in total. The molecule has 2 rings (SSSR count). The van der Waals surface area contributed by atoms with Gasteiger partial charge in [0, 0.05) is 37.5 Å². The van der Waals surface area contributed by atoms with Crippen LogP contribution in [0.3, 0.4) is 0 Å². The van der Waals surface area contributed by atoms with Crippen LogP contribution in [-0.4, -0.2) is 37.0 Å². The van der Waals surface area contributed by atoms with Crippen LogP contribution in [-0.2, 0) is 17.8 Å². The topological polar surface area (TPSA) is 58.4 Å². The molecule has 1 aliphatic rings. The van der Waals surface area contributed by atoms with Crippen molar-refractivity contribution in [3.05, 3.63) is 21.9 Å². The first-order chi connectivity index (χ1) is 10.3. The Morgan fingerprint density at radius 2 is 2.19 bits per heavy atom. The fraction of sp³-hybridized carbons (Fsp3) is 0.688. The second-order valence-corrected chi connectivity index (χ2v) is 6.70. The van der Waals surface area contributed by atoms with E-state index in [-0.39, 0.29) is 5.91 Å². The summed E-state index contributed by atoms with van der Waals surface area (Å²) >= 11 is 1.87. The molecule has 0 aliphatic carbocycles. The Balaban J connectivity index is 1.52. The highest BCUT2D eigenvalue weighted by atomic mass is 32.1.